The first-order valence-electron chi connectivity index (χ1n) is 6.77. The van der Waals surface area contributed by atoms with Crippen molar-refractivity contribution in [3.05, 3.63) is 0 Å². The van der Waals surface area contributed by atoms with Crippen LogP contribution in [-0.2, 0) is 4.74 Å². The molecule has 2 fully saturated rings. The van der Waals surface area contributed by atoms with E-state index >= 15 is 0 Å². The van der Waals surface area contributed by atoms with Crippen LogP contribution in [0.3, 0.4) is 0 Å². The standard InChI is InChI=1S/C13H26N2O/c1-3-12-9-15(6-7-16-12)13(10-14)5-4-11(2)8-13/h11-12H,3-10,14H2,1-2H3. The minimum atomic E-state index is 0.288. The third-order valence-electron chi connectivity index (χ3n) is 4.48. The van der Waals surface area contributed by atoms with Gasteiger partial charge in [-0.25, -0.2) is 0 Å². The Hall–Kier alpha value is -0.120. The highest BCUT2D eigenvalue weighted by Gasteiger charge is 2.42. The fraction of sp³-hybridized carbons (Fsp3) is 1.00. The molecule has 1 heterocycles. The Morgan fingerprint density at radius 2 is 2.31 bits per heavy atom. The van der Waals surface area contributed by atoms with Crippen LogP contribution in [0.25, 0.3) is 0 Å². The molecule has 94 valence electrons. The minimum Gasteiger partial charge on any atom is -0.376 e. The molecule has 3 atom stereocenters. The van der Waals surface area contributed by atoms with Crippen LogP contribution in [0.2, 0.25) is 0 Å². The van der Waals surface area contributed by atoms with Crippen molar-refractivity contribution in [2.45, 2.75) is 51.2 Å². The zero-order valence-corrected chi connectivity index (χ0v) is 10.7. The van der Waals surface area contributed by atoms with E-state index < -0.39 is 0 Å². The second-order valence-electron chi connectivity index (χ2n) is 5.62. The van der Waals surface area contributed by atoms with Gasteiger partial charge in [-0.3, -0.25) is 4.90 Å². The third kappa shape index (κ3) is 2.27. The molecule has 0 aromatic heterocycles. The summed E-state index contributed by atoms with van der Waals surface area (Å²) in [6.07, 6.45) is 5.44. The Balaban J connectivity index is 2.03. The Kier molecular flexibility index (Phi) is 3.88. The molecule has 2 N–H and O–H groups in total. The zero-order chi connectivity index (χ0) is 11.6. The molecular weight excluding hydrogens is 200 g/mol. The molecule has 0 spiro atoms. The first-order valence-corrected chi connectivity index (χ1v) is 6.77. The van der Waals surface area contributed by atoms with Gasteiger partial charge in [0.15, 0.2) is 0 Å². The molecule has 0 amide bonds. The molecule has 2 rings (SSSR count). The molecule has 16 heavy (non-hydrogen) atoms. The summed E-state index contributed by atoms with van der Waals surface area (Å²) in [7, 11) is 0. The summed E-state index contributed by atoms with van der Waals surface area (Å²) in [6, 6.07) is 0. The summed E-state index contributed by atoms with van der Waals surface area (Å²) in [4.78, 5) is 2.62. The number of hydrogen-bond acceptors (Lipinski definition) is 3. The van der Waals surface area contributed by atoms with Crippen molar-refractivity contribution in [3.63, 3.8) is 0 Å². The van der Waals surface area contributed by atoms with E-state index in [1.54, 1.807) is 0 Å². The van der Waals surface area contributed by atoms with Gasteiger partial charge in [0.05, 0.1) is 12.7 Å². The predicted molar refractivity (Wildman–Crippen MR) is 66.4 cm³/mol. The number of nitrogens with zero attached hydrogens (tertiary/aromatic N) is 1. The van der Waals surface area contributed by atoms with E-state index in [0.717, 1.165) is 38.6 Å². The molecule has 1 saturated heterocycles. The maximum Gasteiger partial charge on any atom is 0.0700 e. The van der Waals surface area contributed by atoms with Gasteiger partial charge in [0, 0.05) is 25.2 Å². The number of nitrogens with two attached hydrogens (primary N) is 1. The number of morpholine rings is 1. The van der Waals surface area contributed by atoms with Gasteiger partial charge in [-0.2, -0.15) is 0 Å². The summed E-state index contributed by atoms with van der Waals surface area (Å²) in [5, 5.41) is 0. The van der Waals surface area contributed by atoms with E-state index in [0.29, 0.717) is 6.10 Å². The van der Waals surface area contributed by atoms with E-state index in [4.69, 9.17) is 10.5 Å². The molecular formula is C13H26N2O. The maximum absolute atomic E-state index is 6.07. The van der Waals surface area contributed by atoms with Gasteiger partial charge in [0.1, 0.15) is 0 Å². The first kappa shape index (κ1) is 12.3. The van der Waals surface area contributed by atoms with Crippen LogP contribution >= 0.6 is 0 Å². The quantitative estimate of drug-likeness (QED) is 0.794. The van der Waals surface area contributed by atoms with E-state index in [9.17, 15) is 0 Å². The smallest absolute Gasteiger partial charge is 0.0700 e. The topological polar surface area (TPSA) is 38.5 Å². The Bertz CT molecular complexity index is 234. The van der Waals surface area contributed by atoms with Crippen molar-refractivity contribution in [3.8, 4) is 0 Å². The van der Waals surface area contributed by atoms with Crippen molar-refractivity contribution < 1.29 is 4.74 Å². The van der Waals surface area contributed by atoms with Crippen LogP contribution in [0.5, 0.6) is 0 Å². The molecule has 1 aliphatic carbocycles. The molecule has 1 saturated carbocycles. The molecule has 2 aliphatic rings. The third-order valence-corrected chi connectivity index (χ3v) is 4.48. The Labute approximate surface area is 99.3 Å². The lowest BCUT2D eigenvalue weighted by molar-refractivity contribution is -0.0684. The van der Waals surface area contributed by atoms with Gasteiger partial charge < -0.3 is 10.5 Å². The summed E-state index contributed by atoms with van der Waals surface area (Å²) in [5.74, 6) is 0.839. The molecule has 0 aromatic rings. The Morgan fingerprint density at radius 3 is 2.88 bits per heavy atom. The highest BCUT2D eigenvalue weighted by Crippen LogP contribution is 2.39. The van der Waals surface area contributed by atoms with E-state index in [1.807, 2.05) is 0 Å². The average molecular weight is 226 g/mol. The highest BCUT2D eigenvalue weighted by molar-refractivity contribution is 4.99. The van der Waals surface area contributed by atoms with Crippen LogP contribution in [0.4, 0.5) is 0 Å². The average Bonchev–Trinajstić information content (AvgIpc) is 2.72. The normalized spacial score (nSPS) is 41.4. The lowest BCUT2D eigenvalue weighted by Gasteiger charge is -2.45. The number of rotatable bonds is 3. The van der Waals surface area contributed by atoms with Gasteiger partial charge in [-0.15, -0.1) is 0 Å². The minimum absolute atomic E-state index is 0.288. The summed E-state index contributed by atoms with van der Waals surface area (Å²) in [5.41, 5.74) is 6.35. The first-order chi connectivity index (χ1) is 7.70. The Morgan fingerprint density at radius 1 is 1.50 bits per heavy atom. The molecule has 3 unspecified atom stereocenters. The molecule has 0 bridgehead atoms. The van der Waals surface area contributed by atoms with Crippen LogP contribution in [0.15, 0.2) is 0 Å². The molecule has 0 radical (unpaired) electrons. The second-order valence-corrected chi connectivity index (χ2v) is 5.62. The lowest BCUT2D eigenvalue weighted by Crippen LogP contribution is -2.58. The molecule has 0 aromatic carbocycles. The highest BCUT2D eigenvalue weighted by atomic mass is 16.5. The van der Waals surface area contributed by atoms with Crippen molar-refractivity contribution in [1.29, 1.82) is 0 Å². The van der Waals surface area contributed by atoms with Crippen LogP contribution in [0.1, 0.15) is 39.5 Å². The van der Waals surface area contributed by atoms with Crippen molar-refractivity contribution in [1.82, 2.24) is 4.90 Å². The largest absolute Gasteiger partial charge is 0.376 e. The number of ether oxygens (including phenoxy) is 1. The summed E-state index contributed by atoms with van der Waals surface area (Å²) < 4.78 is 5.75. The lowest BCUT2D eigenvalue weighted by atomic mass is 9.92. The summed E-state index contributed by atoms with van der Waals surface area (Å²) >= 11 is 0. The molecule has 3 heteroatoms. The van der Waals surface area contributed by atoms with Crippen LogP contribution in [-0.4, -0.2) is 42.8 Å². The number of hydrogen-bond donors (Lipinski definition) is 1. The van der Waals surface area contributed by atoms with Gasteiger partial charge in [0.2, 0.25) is 0 Å². The monoisotopic (exact) mass is 226 g/mol. The van der Waals surface area contributed by atoms with Gasteiger partial charge in [0.25, 0.3) is 0 Å². The van der Waals surface area contributed by atoms with E-state index in [1.165, 1.54) is 19.3 Å². The van der Waals surface area contributed by atoms with Crippen molar-refractivity contribution in [2.24, 2.45) is 11.7 Å². The van der Waals surface area contributed by atoms with Crippen molar-refractivity contribution >= 4 is 0 Å². The van der Waals surface area contributed by atoms with E-state index in [-0.39, 0.29) is 5.54 Å². The fourth-order valence-electron chi connectivity index (χ4n) is 3.37. The SMILES string of the molecule is CCC1CN(C2(CN)CCC(C)C2)CCO1. The predicted octanol–water partition coefficient (Wildman–Crippen LogP) is 1.61. The van der Waals surface area contributed by atoms with Crippen molar-refractivity contribution in [2.75, 3.05) is 26.2 Å². The van der Waals surface area contributed by atoms with E-state index in [2.05, 4.69) is 18.7 Å². The fourth-order valence-corrected chi connectivity index (χ4v) is 3.37. The maximum atomic E-state index is 6.07. The van der Waals surface area contributed by atoms with Gasteiger partial charge in [-0.1, -0.05) is 13.8 Å². The zero-order valence-electron chi connectivity index (χ0n) is 10.7. The van der Waals surface area contributed by atoms with Crippen LogP contribution in [0, 0.1) is 5.92 Å². The van der Waals surface area contributed by atoms with Gasteiger partial charge in [-0.05, 0) is 31.6 Å². The molecule has 3 nitrogen and oxygen atoms in total. The van der Waals surface area contributed by atoms with Gasteiger partial charge >= 0.3 is 0 Å². The molecule has 1 aliphatic heterocycles. The summed E-state index contributed by atoms with van der Waals surface area (Å²) in [6.45, 7) is 8.42. The second kappa shape index (κ2) is 5.03. The van der Waals surface area contributed by atoms with Crippen LogP contribution < -0.4 is 5.73 Å².